The van der Waals surface area contributed by atoms with Gasteiger partial charge in [0.1, 0.15) is 16.9 Å². The highest BCUT2D eigenvalue weighted by Gasteiger charge is 2.18. The molecule has 1 heterocycles. The Balaban J connectivity index is 3.51. The summed E-state index contributed by atoms with van der Waals surface area (Å²) in [5.41, 5.74) is -2.27. The number of hydrogen-bond donors (Lipinski definition) is 1. The van der Waals surface area contributed by atoms with Crippen molar-refractivity contribution in [2.75, 3.05) is 0 Å². The van der Waals surface area contributed by atoms with E-state index in [4.69, 9.17) is 16.9 Å². The van der Waals surface area contributed by atoms with Crippen LogP contribution in [-0.2, 0) is 0 Å². The summed E-state index contributed by atoms with van der Waals surface area (Å²) >= 11 is 5.35. The van der Waals surface area contributed by atoms with E-state index in [0.29, 0.717) is 0 Å². The Morgan fingerprint density at radius 2 is 2.23 bits per heavy atom. The molecule has 0 aliphatic carbocycles. The number of nitriles is 1. The summed E-state index contributed by atoms with van der Waals surface area (Å²) in [4.78, 5) is 13.1. The van der Waals surface area contributed by atoms with E-state index in [1.807, 2.05) is 0 Å². The van der Waals surface area contributed by atoms with Crippen LogP contribution in [0.15, 0.2) is 10.9 Å². The van der Waals surface area contributed by atoms with Crippen LogP contribution in [0.1, 0.15) is 17.7 Å². The van der Waals surface area contributed by atoms with Crippen molar-refractivity contribution in [3.05, 3.63) is 32.7 Å². The SMILES string of the molecule is N#Cc1[nH]c(Cl)cc(=O)c1C(F)F. The monoisotopic (exact) mass is 204 g/mol. The smallest absolute Gasteiger partial charge is 0.270 e. The van der Waals surface area contributed by atoms with Gasteiger partial charge in [0.05, 0.1) is 5.56 Å². The Labute approximate surface area is 76.6 Å². The van der Waals surface area contributed by atoms with Gasteiger partial charge in [-0.1, -0.05) is 11.6 Å². The van der Waals surface area contributed by atoms with Gasteiger partial charge in [-0.3, -0.25) is 4.79 Å². The molecule has 0 aliphatic heterocycles. The van der Waals surface area contributed by atoms with Gasteiger partial charge in [0.2, 0.25) is 0 Å². The number of hydrogen-bond acceptors (Lipinski definition) is 2. The minimum atomic E-state index is -2.98. The first-order chi connectivity index (χ1) is 6.06. The number of pyridine rings is 1. The van der Waals surface area contributed by atoms with E-state index in [0.717, 1.165) is 6.07 Å². The van der Waals surface area contributed by atoms with E-state index in [1.165, 1.54) is 6.07 Å². The van der Waals surface area contributed by atoms with E-state index in [1.54, 1.807) is 0 Å². The molecule has 3 nitrogen and oxygen atoms in total. The first kappa shape index (κ1) is 9.68. The van der Waals surface area contributed by atoms with Crippen molar-refractivity contribution >= 4 is 11.6 Å². The Morgan fingerprint density at radius 3 is 2.69 bits per heavy atom. The van der Waals surface area contributed by atoms with E-state index in [2.05, 4.69) is 4.98 Å². The molecular formula is C7H3ClF2N2O. The van der Waals surface area contributed by atoms with Gasteiger partial charge < -0.3 is 4.98 Å². The fourth-order valence-electron chi connectivity index (χ4n) is 0.844. The van der Waals surface area contributed by atoms with Gasteiger partial charge in [0.25, 0.3) is 6.43 Å². The van der Waals surface area contributed by atoms with Gasteiger partial charge >= 0.3 is 0 Å². The van der Waals surface area contributed by atoms with Crippen LogP contribution in [0.5, 0.6) is 0 Å². The fourth-order valence-corrected chi connectivity index (χ4v) is 1.04. The van der Waals surface area contributed by atoms with Gasteiger partial charge in [-0.2, -0.15) is 5.26 Å². The van der Waals surface area contributed by atoms with Gasteiger partial charge in [-0.05, 0) is 0 Å². The molecule has 0 spiro atoms. The molecule has 0 aromatic carbocycles. The second-order valence-electron chi connectivity index (χ2n) is 2.18. The quantitative estimate of drug-likeness (QED) is 0.710. The Morgan fingerprint density at radius 1 is 1.62 bits per heavy atom. The molecule has 6 heteroatoms. The molecule has 0 amide bonds. The molecule has 13 heavy (non-hydrogen) atoms. The first-order valence-corrected chi connectivity index (χ1v) is 3.55. The van der Waals surface area contributed by atoms with E-state index < -0.39 is 23.1 Å². The van der Waals surface area contributed by atoms with Crippen molar-refractivity contribution in [2.24, 2.45) is 0 Å². The third-order valence-corrected chi connectivity index (χ3v) is 1.57. The van der Waals surface area contributed by atoms with E-state index >= 15 is 0 Å². The van der Waals surface area contributed by atoms with Crippen LogP contribution in [0, 0.1) is 11.3 Å². The zero-order valence-corrected chi connectivity index (χ0v) is 6.90. The number of alkyl halides is 2. The second-order valence-corrected chi connectivity index (χ2v) is 2.59. The normalized spacial score (nSPS) is 10.1. The molecule has 1 aromatic heterocycles. The van der Waals surface area contributed by atoms with Crippen molar-refractivity contribution in [2.45, 2.75) is 6.43 Å². The van der Waals surface area contributed by atoms with Crippen molar-refractivity contribution < 1.29 is 8.78 Å². The maximum atomic E-state index is 12.2. The molecule has 0 radical (unpaired) electrons. The molecule has 1 rings (SSSR count). The maximum Gasteiger partial charge on any atom is 0.270 e. The number of aromatic nitrogens is 1. The Hall–Kier alpha value is -1.41. The van der Waals surface area contributed by atoms with Crippen LogP contribution in [0.25, 0.3) is 0 Å². The standard InChI is InChI=1S/C7H3ClF2N2O/c8-5-1-4(13)6(7(9)10)3(2-11)12-5/h1,7H,(H,12,13). The number of aromatic amines is 1. The van der Waals surface area contributed by atoms with Crippen molar-refractivity contribution in [3.8, 4) is 6.07 Å². The van der Waals surface area contributed by atoms with Crippen molar-refractivity contribution in [1.82, 2.24) is 4.98 Å². The second kappa shape index (κ2) is 3.54. The molecule has 0 saturated carbocycles. The van der Waals surface area contributed by atoms with Crippen LogP contribution in [-0.4, -0.2) is 4.98 Å². The molecule has 68 valence electrons. The number of halogens is 3. The lowest BCUT2D eigenvalue weighted by molar-refractivity contribution is 0.149. The third kappa shape index (κ3) is 1.84. The number of nitrogens with zero attached hydrogens (tertiary/aromatic N) is 1. The summed E-state index contributed by atoms with van der Waals surface area (Å²) in [5.74, 6) is 0. The molecular weight excluding hydrogens is 202 g/mol. The van der Waals surface area contributed by atoms with Crippen molar-refractivity contribution in [3.63, 3.8) is 0 Å². The van der Waals surface area contributed by atoms with Crippen molar-refractivity contribution in [1.29, 1.82) is 5.26 Å². The zero-order chi connectivity index (χ0) is 10.0. The van der Waals surface area contributed by atoms with Crippen LogP contribution in [0.2, 0.25) is 5.15 Å². The van der Waals surface area contributed by atoms with Gasteiger partial charge in [-0.25, -0.2) is 8.78 Å². The molecule has 1 N–H and O–H groups in total. The Bertz CT molecular complexity index is 421. The highest BCUT2D eigenvalue weighted by Crippen LogP contribution is 2.18. The van der Waals surface area contributed by atoms with Crippen LogP contribution in [0.4, 0.5) is 8.78 Å². The molecule has 0 bridgehead atoms. The number of rotatable bonds is 1. The van der Waals surface area contributed by atoms with Gasteiger partial charge in [0, 0.05) is 6.07 Å². The predicted octanol–water partition coefficient (Wildman–Crippen LogP) is 1.84. The lowest BCUT2D eigenvalue weighted by Crippen LogP contribution is -2.12. The summed E-state index contributed by atoms with van der Waals surface area (Å²) in [6, 6.07) is 2.25. The average Bonchev–Trinajstić information content (AvgIpc) is 2.01. The van der Waals surface area contributed by atoms with Crippen LogP contribution >= 0.6 is 11.6 Å². The number of nitrogens with one attached hydrogen (secondary N) is 1. The van der Waals surface area contributed by atoms with Crippen LogP contribution in [0.3, 0.4) is 0 Å². The molecule has 0 fully saturated rings. The topological polar surface area (TPSA) is 56.6 Å². The zero-order valence-electron chi connectivity index (χ0n) is 6.14. The van der Waals surface area contributed by atoms with Gasteiger partial charge in [0.15, 0.2) is 5.43 Å². The summed E-state index contributed by atoms with van der Waals surface area (Å²) < 4.78 is 24.4. The predicted molar refractivity (Wildman–Crippen MR) is 41.7 cm³/mol. The molecule has 0 aliphatic rings. The first-order valence-electron chi connectivity index (χ1n) is 3.17. The average molecular weight is 205 g/mol. The molecule has 0 atom stereocenters. The lowest BCUT2D eigenvalue weighted by Gasteiger charge is -2.01. The number of H-pyrrole nitrogens is 1. The molecule has 0 unspecified atom stereocenters. The summed E-state index contributed by atoms with van der Waals surface area (Å²) in [7, 11) is 0. The maximum absolute atomic E-state index is 12.2. The minimum Gasteiger partial charge on any atom is -0.337 e. The van der Waals surface area contributed by atoms with Gasteiger partial charge in [-0.15, -0.1) is 0 Å². The highest BCUT2D eigenvalue weighted by molar-refractivity contribution is 6.29. The third-order valence-electron chi connectivity index (χ3n) is 1.37. The Kier molecular flexibility index (Phi) is 2.63. The lowest BCUT2D eigenvalue weighted by atomic mass is 10.2. The molecule has 1 aromatic rings. The van der Waals surface area contributed by atoms with E-state index in [-0.39, 0.29) is 5.15 Å². The minimum absolute atomic E-state index is 0.133. The van der Waals surface area contributed by atoms with E-state index in [9.17, 15) is 13.6 Å². The largest absolute Gasteiger partial charge is 0.337 e. The fraction of sp³-hybridized carbons (Fsp3) is 0.143. The van der Waals surface area contributed by atoms with Crippen LogP contribution < -0.4 is 5.43 Å². The summed E-state index contributed by atoms with van der Waals surface area (Å²) in [6.45, 7) is 0. The summed E-state index contributed by atoms with van der Waals surface area (Å²) in [5, 5.41) is 8.27. The highest BCUT2D eigenvalue weighted by atomic mass is 35.5. The summed E-state index contributed by atoms with van der Waals surface area (Å²) in [6.07, 6.45) is -2.98. The molecule has 0 saturated heterocycles.